The summed E-state index contributed by atoms with van der Waals surface area (Å²) >= 11 is 0. The zero-order valence-corrected chi connectivity index (χ0v) is 19.0. The van der Waals surface area contributed by atoms with Crippen LogP contribution in [0.15, 0.2) is 47.7 Å². The van der Waals surface area contributed by atoms with E-state index in [-0.39, 0.29) is 0 Å². The summed E-state index contributed by atoms with van der Waals surface area (Å²) in [4.78, 5) is 17.1. The van der Waals surface area contributed by atoms with Crippen LogP contribution in [0.1, 0.15) is 18.5 Å². The second-order valence-electron chi connectivity index (χ2n) is 7.32. The number of aromatic nitrogens is 3. The summed E-state index contributed by atoms with van der Waals surface area (Å²) < 4.78 is 23.3. The molecule has 1 aliphatic rings. The number of fused-ring (bicyclic) bond motifs is 1. The van der Waals surface area contributed by atoms with E-state index in [1.165, 1.54) is 21.3 Å². The van der Waals surface area contributed by atoms with E-state index in [4.69, 9.17) is 29.8 Å². The van der Waals surface area contributed by atoms with Crippen LogP contribution in [-0.4, -0.2) is 49.1 Å². The lowest BCUT2D eigenvalue weighted by molar-refractivity contribution is -0.115. The number of amides is 1. The average Bonchev–Trinajstić information content (AvgIpc) is 3.25. The quantitative estimate of drug-likeness (QED) is 0.562. The Balaban J connectivity index is 1.90. The Labute approximate surface area is 190 Å². The molecule has 1 atom stereocenters. The molecule has 1 aromatic heterocycles. The van der Waals surface area contributed by atoms with E-state index < -0.39 is 11.9 Å². The van der Waals surface area contributed by atoms with Crippen LogP contribution in [0, 0.1) is 0 Å². The lowest BCUT2D eigenvalue weighted by Gasteiger charge is -2.28. The van der Waals surface area contributed by atoms with Crippen LogP contribution < -0.4 is 30.0 Å². The Hall–Kier alpha value is -4.21. The van der Waals surface area contributed by atoms with Gasteiger partial charge in [0.15, 0.2) is 17.3 Å². The van der Waals surface area contributed by atoms with Gasteiger partial charge >= 0.3 is 0 Å². The molecular weight excluding hydrogens is 426 g/mol. The number of primary amides is 1. The number of nitrogens with two attached hydrogens (primary N) is 1. The van der Waals surface area contributed by atoms with Crippen LogP contribution in [0.5, 0.6) is 23.0 Å². The van der Waals surface area contributed by atoms with Crippen molar-refractivity contribution in [3.63, 3.8) is 0 Å². The number of benzene rings is 2. The maximum atomic E-state index is 12.5. The number of carbonyl (C=O) groups excluding carboxylic acids is 1. The zero-order valence-electron chi connectivity index (χ0n) is 19.0. The van der Waals surface area contributed by atoms with E-state index in [1.54, 1.807) is 30.8 Å². The lowest BCUT2D eigenvalue weighted by Crippen LogP contribution is -2.31. The topological polar surface area (TPSA) is 123 Å². The molecule has 0 aliphatic carbocycles. The van der Waals surface area contributed by atoms with Gasteiger partial charge < -0.3 is 30.0 Å². The first-order valence-corrected chi connectivity index (χ1v) is 10.1. The molecule has 2 aromatic carbocycles. The highest BCUT2D eigenvalue weighted by Crippen LogP contribution is 2.44. The molecule has 0 fully saturated rings. The molecule has 1 aliphatic heterocycles. The first-order valence-electron chi connectivity index (χ1n) is 10.1. The summed E-state index contributed by atoms with van der Waals surface area (Å²) in [7, 11) is 6.19. The fourth-order valence-corrected chi connectivity index (χ4v) is 3.90. The highest BCUT2D eigenvalue weighted by Gasteiger charge is 2.34. The van der Waals surface area contributed by atoms with Gasteiger partial charge in [0.2, 0.25) is 17.6 Å². The van der Waals surface area contributed by atoms with Crippen molar-refractivity contribution in [3.05, 3.63) is 53.2 Å². The molecule has 3 aromatic rings. The normalized spacial score (nSPS) is 14.9. The van der Waals surface area contributed by atoms with Crippen molar-refractivity contribution < 1.29 is 23.7 Å². The number of hydrogen-bond donors (Lipinski definition) is 2. The van der Waals surface area contributed by atoms with Gasteiger partial charge in [0.1, 0.15) is 11.8 Å². The van der Waals surface area contributed by atoms with E-state index >= 15 is 0 Å². The van der Waals surface area contributed by atoms with Crippen molar-refractivity contribution in [2.75, 3.05) is 33.8 Å². The van der Waals surface area contributed by atoms with Crippen LogP contribution >= 0.6 is 0 Å². The average molecular weight is 451 g/mol. The van der Waals surface area contributed by atoms with Crippen LogP contribution in [0.4, 0.5) is 5.95 Å². The summed E-state index contributed by atoms with van der Waals surface area (Å²) in [6.07, 6.45) is 0. The number of allylic oxidation sites excluding steroid dienone is 1. The Morgan fingerprint density at radius 3 is 2.15 bits per heavy atom. The van der Waals surface area contributed by atoms with E-state index in [1.807, 2.05) is 24.3 Å². The van der Waals surface area contributed by atoms with Crippen LogP contribution in [-0.2, 0) is 4.79 Å². The zero-order chi connectivity index (χ0) is 23.7. The number of hydrogen-bond acceptors (Lipinski definition) is 8. The number of anilines is 1. The second kappa shape index (κ2) is 8.73. The van der Waals surface area contributed by atoms with Crippen molar-refractivity contribution in [1.29, 1.82) is 0 Å². The fourth-order valence-electron chi connectivity index (χ4n) is 3.90. The van der Waals surface area contributed by atoms with E-state index in [2.05, 4.69) is 10.3 Å². The van der Waals surface area contributed by atoms with Crippen LogP contribution in [0.3, 0.4) is 0 Å². The second-order valence-corrected chi connectivity index (χ2v) is 7.32. The minimum absolute atomic E-state index is 0.350. The van der Waals surface area contributed by atoms with Gasteiger partial charge in [-0.2, -0.15) is 4.98 Å². The number of carbonyl (C=O) groups is 1. The Morgan fingerprint density at radius 1 is 1.00 bits per heavy atom. The molecular formula is C23H25N5O5. The largest absolute Gasteiger partial charge is 0.497 e. The molecule has 10 nitrogen and oxygen atoms in total. The summed E-state index contributed by atoms with van der Waals surface area (Å²) in [6.45, 7) is 1.77. The van der Waals surface area contributed by atoms with E-state index in [9.17, 15) is 4.79 Å². The van der Waals surface area contributed by atoms with Gasteiger partial charge in [-0.3, -0.25) is 4.79 Å². The number of rotatable bonds is 7. The van der Waals surface area contributed by atoms with Gasteiger partial charge in [-0.1, -0.05) is 0 Å². The van der Waals surface area contributed by atoms with Crippen molar-refractivity contribution in [3.8, 4) is 34.4 Å². The summed E-state index contributed by atoms with van der Waals surface area (Å²) in [5.41, 5.74) is 8.19. The van der Waals surface area contributed by atoms with Crippen molar-refractivity contribution in [1.82, 2.24) is 14.8 Å². The molecule has 172 valence electrons. The highest BCUT2D eigenvalue weighted by atomic mass is 16.5. The van der Waals surface area contributed by atoms with Crippen molar-refractivity contribution in [2.45, 2.75) is 13.0 Å². The predicted molar refractivity (Wildman–Crippen MR) is 122 cm³/mol. The molecule has 1 amide bonds. The first-order chi connectivity index (χ1) is 15.9. The highest BCUT2D eigenvalue weighted by molar-refractivity contribution is 5.95. The van der Waals surface area contributed by atoms with Gasteiger partial charge in [-0.25, -0.2) is 4.68 Å². The first kappa shape index (κ1) is 22.0. The summed E-state index contributed by atoms with van der Waals surface area (Å²) in [5.74, 6) is 2.44. The minimum atomic E-state index is -0.660. The van der Waals surface area contributed by atoms with Gasteiger partial charge in [-0.05, 0) is 48.9 Å². The van der Waals surface area contributed by atoms with Crippen molar-refractivity contribution >= 4 is 11.9 Å². The van der Waals surface area contributed by atoms with Crippen LogP contribution in [0.25, 0.3) is 11.4 Å². The number of methoxy groups -OCH3 is 4. The molecule has 0 bridgehead atoms. The third-order valence-corrected chi connectivity index (χ3v) is 5.47. The minimum Gasteiger partial charge on any atom is -0.497 e. The van der Waals surface area contributed by atoms with Crippen LogP contribution in [0.2, 0.25) is 0 Å². The van der Waals surface area contributed by atoms with E-state index in [0.717, 1.165) is 11.3 Å². The third-order valence-electron chi connectivity index (χ3n) is 5.47. The molecule has 0 saturated carbocycles. The summed E-state index contributed by atoms with van der Waals surface area (Å²) in [5, 5.41) is 7.84. The Kier molecular flexibility index (Phi) is 5.82. The standard InChI is InChI=1S/C23H25N5O5/c1-12-18(21(24)29)19(14-10-16(31-3)20(33-5)17(11-14)32-4)28-23(25-12)26-22(27-28)13-6-8-15(30-2)9-7-13/h6-11,19H,1-5H3,(H2,24,29)(H,25,26,27)/t19-/m0/s1. The monoisotopic (exact) mass is 451 g/mol. The van der Waals surface area contributed by atoms with Gasteiger partial charge in [0.25, 0.3) is 0 Å². The van der Waals surface area contributed by atoms with Gasteiger partial charge in [-0.15, -0.1) is 5.10 Å². The fraction of sp³-hybridized carbons (Fsp3) is 0.261. The molecule has 3 N–H and O–H groups in total. The van der Waals surface area contributed by atoms with Crippen molar-refractivity contribution in [2.24, 2.45) is 5.73 Å². The molecule has 4 rings (SSSR count). The molecule has 33 heavy (non-hydrogen) atoms. The lowest BCUT2D eigenvalue weighted by atomic mass is 9.94. The SMILES string of the molecule is COc1ccc(-c2nc3n(n2)[C@@H](c2cc(OC)c(OC)c(OC)c2)C(C(N)=O)=C(C)N3)cc1. The molecule has 0 saturated heterocycles. The molecule has 0 unspecified atom stereocenters. The molecule has 10 heteroatoms. The predicted octanol–water partition coefficient (Wildman–Crippen LogP) is 2.75. The van der Waals surface area contributed by atoms with Gasteiger partial charge in [0.05, 0.1) is 34.0 Å². The maximum Gasteiger partial charge on any atom is 0.248 e. The third kappa shape index (κ3) is 3.79. The number of ether oxygens (including phenoxy) is 4. The Bertz CT molecular complexity index is 1210. The smallest absolute Gasteiger partial charge is 0.248 e. The van der Waals surface area contributed by atoms with Gasteiger partial charge in [0, 0.05) is 11.3 Å². The summed E-state index contributed by atoms with van der Waals surface area (Å²) in [6, 6.07) is 10.3. The maximum absolute atomic E-state index is 12.5. The van der Waals surface area contributed by atoms with E-state index in [0.29, 0.717) is 45.9 Å². The molecule has 2 heterocycles. The number of nitrogens with zero attached hydrogens (tertiary/aromatic N) is 3. The Morgan fingerprint density at radius 2 is 1.64 bits per heavy atom. The molecule has 0 spiro atoms. The number of nitrogens with one attached hydrogen (secondary N) is 1. The molecule has 0 radical (unpaired) electrons.